The first kappa shape index (κ1) is 19.3. The molecule has 1 aromatic heterocycles. The van der Waals surface area contributed by atoms with E-state index in [0.717, 1.165) is 45.2 Å². The minimum Gasteiger partial charge on any atom is -0.356 e. The molecule has 1 nitrogen and oxygen atoms in total. The summed E-state index contributed by atoms with van der Waals surface area (Å²) in [6.07, 6.45) is 1.54. The van der Waals surface area contributed by atoms with E-state index in [9.17, 15) is 0 Å². The molecule has 1 aromatic carbocycles. The molecular weight excluding hydrogens is 422 g/mol. The summed E-state index contributed by atoms with van der Waals surface area (Å²) in [5.41, 5.74) is 5.24. The molecule has 0 saturated heterocycles. The monoisotopic (exact) mass is 436 g/mol. The van der Waals surface area contributed by atoms with Crippen LogP contribution >= 0.6 is 35.0 Å². The van der Waals surface area contributed by atoms with E-state index in [0.29, 0.717) is 10.9 Å². The molecule has 0 aliphatic carbocycles. The van der Waals surface area contributed by atoms with Crippen LogP contribution in [0, 0.1) is 13.8 Å². The van der Waals surface area contributed by atoms with Crippen molar-refractivity contribution >= 4 is 35.0 Å². The number of allylic oxidation sites excluding steroid dienone is 2. The Morgan fingerprint density at radius 1 is 1.22 bits per heavy atom. The van der Waals surface area contributed by atoms with E-state index in [2.05, 4.69) is 31.0 Å². The fraction of sp³-hybridized carbons (Fsp3) is 0.167. The third kappa shape index (κ3) is 3.82. The van der Waals surface area contributed by atoms with Crippen molar-refractivity contribution in [3.8, 4) is 11.1 Å². The van der Waals surface area contributed by atoms with Crippen LogP contribution in [0.25, 0.3) is 11.1 Å². The zero-order chi connectivity index (χ0) is 15.7. The molecule has 117 valence electrons. The van der Waals surface area contributed by atoms with E-state index in [-0.39, 0.29) is 32.7 Å². The molecule has 0 bridgehead atoms. The van der Waals surface area contributed by atoms with Gasteiger partial charge in [-0.05, 0) is 11.1 Å². The van der Waals surface area contributed by atoms with E-state index >= 15 is 0 Å². The van der Waals surface area contributed by atoms with Crippen molar-refractivity contribution in [3.05, 3.63) is 70.9 Å². The Balaban J connectivity index is 0.00000192. The molecule has 0 saturated carbocycles. The van der Waals surface area contributed by atoms with Gasteiger partial charge < -0.3 is 6.92 Å². The molecule has 0 spiro atoms. The molecule has 0 amide bonds. The fourth-order valence-electron chi connectivity index (χ4n) is 2.59. The summed E-state index contributed by atoms with van der Waals surface area (Å²) < 4.78 is 0. The first-order valence-corrected chi connectivity index (χ1v) is 8.72. The van der Waals surface area contributed by atoms with Crippen LogP contribution in [0.2, 0.25) is 5.02 Å². The SMILES string of the molecule is [CH2-]CC1=C([CH2-])Sc2nc(CCl)c(Cl)c(-c3ccccc3)c2C1.[Y]. The maximum absolute atomic E-state index is 6.60. The third-order valence-corrected chi connectivity index (χ3v) is 5.49. The number of benzene rings is 1. The van der Waals surface area contributed by atoms with Crippen molar-refractivity contribution < 1.29 is 32.7 Å². The molecule has 0 unspecified atom stereocenters. The predicted molar refractivity (Wildman–Crippen MR) is 96.2 cm³/mol. The maximum atomic E-state index is 6.60. The molecule has 5 heteroatoms. The number of nitrogens with zero attached hydrogens (tertiary/aromatic N) is 1. The average molecular weight is 437 g/mol. The van der Waals surface area contributed by atoms with Crippen molar-refractivity contribution in [1.82, 2.24) is 4.98 Å². The number of alkyl halides is 1. The van der Waals surface area contributed by atoms with Crippen LogP contribution in [0.5, 0.6) is 0 Å². The van der Waals surface area contributed by atoms with Gasteiger partial charge in [-0.25, -0.2) is 23.9 Å². The van der Waals surface area contributed by atoms with Crippen molar-refractivity contribution in [1.29, 1.82) is 0 Å². The van der Waals surface area contributed by atoms with Gasteiger partial charge in [-0.15, -0.1) is 23.4 Å². The first-order chi connectivity index (χ1) is 10.7. The summed E-state index contributed by atoms with van der Waals surface area (Å²) >= 11 is 14.2. The number of rotatable bonds is 3. The summed E-state index contributed by atoms with van der Waals surface area (Å²) in [5.74, 6) is 0.297. The molecule has 23 heavy (non-hydrogen) atoms. The van der Waals surface area contributed by atoms with Crippen LogP contribution in [0.1, 0.15) is 17.7 Å². The predicted octanol–water partition coefficient (Wildman–Crippen LogP) is 6.10. The summed E-state index contributed by atoms with van der Waals surface area (Å²) in [6.45, 7) is 8.13. The summed E-state index contributed by atoms with van der Waals surface area (Å²) in [6, 6.07) is 10.2. The molecule has 1 aliphatic heterocycles. The van der Waals surface area contributed by atoms with Gasteiger partial charge in [-0.2, -0.15) is 4.91 Å². The Morgan fingerprint density at radius 3 is 2.52 bits per heavy atom. The second-order valence-electron chi connectivity index (χ2n) is 5.09. The summed E-state index contributed by atoms with van der Waals surface area (Å²) in [7, 11) is 0. The first-order valence-electron chi connectivity index (χ1n) is 6.99. The quantitative estimate of drug-likeness (QED) is 0.425. The molecule has 2 aromatic rings. The van der Waals surface area contributed by atoms with E-state index < -0.39 is 0 Å². The second kappa shape index (κ2) is 8.40. The molecule has 2 heterocycles. The van der Waals surface area contributed by atoms with Gasteiger partial charge in [0.2, 0.25) is 0 Å². The Kier molecular flexibility index (Phi) is 7.07. The van der Waals surface area contributed by atoms with E-state index in [1.807, 2.05) is 18.2 Å². The molecule has 1 aliphatic rings. The van der Waals surface area contributed by atoms with Crippen LogP contribution in [-0.4, -0.2) is 4.98 Å². The molecule has 0 atom stereocenters. The minimum absolute atomic E-state index is 0. The van der Waals surface area contributed by atoms with Gasteiger partial charge in [-0.3, -0.25) is 0 Å². The van der Waals surface area contributed by atoms with Gasteiger partial charge in [-0.1, -0.05) is 48.4 Å². The van der Waals surface area contributed by atoms with Gasteiger partial charge in [0, 0.05) is 38.3 Å². The number of hydrogen-bond acceptors (Lipinski definition) is 2. The van der Waals surface area contributed by atoms with Crippen LogP contribution in [0.15, 0.2) is 45.8 Å². The van der Waals surface area contributed by atoms with Gasteiger partial charge in [0.25, 0.3) is 0 Å². The average Bonchev–Trinajstić information content (AvgIpc) is 2.55. The second-order valence-corrected chi connectivity index (χ2v) is 6.82. The molecule has 3 rings (SSSR count). The van der Waals surface area contributed by atoms with Crippen molar-refractivity contribution in [2.45, 2.75) is 23.7 Å². The van der Waals surface area contributed by atoms with Crippen LogP contribution in [0.3, 0.4) is 0 Å². The molecule has 0 N–H and O–H groups in total. The van der Waals surface area contributed by atoms with Crippen molar-refractivity contribution in [3.63, 3.8) is 0 Å². The summed E-state index contributed by atoms with van der Waals surface area (Å²) in [5, 5.41) is 1.61. The standard InChI is InChI=1S/C18H15Cl2NS.Y/c1-3-12-9-14-16(13-7-5-4-6-8-13)17(20)15(10-19)21-18(14)22-11(12)2;/h4-8H,1-3,9-10H2;/q-2;. The maximum Gasteiger partial charge on any atom is 0.101 e. The number of fused-ring (bicyclic) bond motifs is 1. The smallest absolute Gasteiger partial charge is 0.101 e. The Hall–Kier alpha value is 0.0139. The van der Waals surface area contributed by atoms with Crippen LogP contribution < -0.4 is 0 Å². The van der Waals surface area contributed by atoms with Gasteiger partial charge in [0.15, 0.2) is 0 Å². The number of halogens is 2. The van der Waals surface area contributed by atoms with Crippen LogP contribution in [0.4, 0.5) is 0 Å². The zero-order valence-corrected chi connectivity index (χ0v) is 17.8. The normalized spacial score (nSPS) is 13.5. The van der Waals surface area contributed by atoms with Gasteiger partial charge >= 0.3 is 0 Å². The van der Waals surface area contributed by atoms with Crippen molar-refractivity contribution in [2.75, 3.05) is 0 Å². The van der Waals surface area contributed by atoms with E-state index in [1.54, 1.807) is 11.8 Å². The minimum atomic E-state index is 0. The summed E-state index contributed by atoms with van der Waals surface area (Å²) in [4.78, 5) is 5.68. The molecule has 0 fully saturated rings. The number of aromatic nitrogens is 1. The van der Waals surface area contributed by atoms with E-state index in [4.69, 9.17) is 23.2 Å². The Morgan fingerprint density at radius 2 is 1.91 bits per heavy atom. The third-order valence-electron chi connectivity index (χ3n) is 3.76. The topological polar surface area (TPSA) is 12.9 Å². The Bertz CT molecular complexity index is 744. The zero-order valence-electron chi connectivity index (χ0n) is 12.6. The van der Waals surface area contributed by atoms with Gasteiger partial charge in [0.05, 0.1) is 16.6 Å². The van der Waals surface area contributed by atoms with Gasteiger partial charge in [0.1, 0.15) is 5.03 Å². The van der Waals surface area contributed by atoms with Crippen LogP contribution in [-0.2, 0) is 45.0 Å². The fourth-order valence-corrected chi connectivity index (χ4v) is 4.19. The Labute approximate surface area is 177 Å². The number of hydrogen-bond donors (Lipinski definition) is 0. The molecule has 1 radical (unpaired) electrons. The van der Waals surface area contributed by atoms with E-state index in [1.165, 1.54) is 5.57 Å². The number of thioether (sulfide) groups is 1. The largest absolute Gasteiger partial charge is 0.356 e. The molecular formula is C18H15Cl2NSY-2. The van der Waals surface area contributed by atoms with Crippen molar-refractivity contribution in [2.24, 2.45) is 0 Å². The number of pyridine rings is 1.